The summed E-state index contributed by atoms with van der Waals surface area (Å²) in [5, 5.41) is 5.51. The Morgan fingerprint density at radius 1 is 1.16 bits per heavy atom. The SMILES string of the molecule is CC1Sc2ccc(C(=O)OCC(=O)NC(C)c3ccc4c(c3)CCCC4)cc2NC1=O. The van der Waals surface area contributed by atoms with E-state index in [9.17, 15) is 14.4 Å². The third-order valence-electron chi connectivity index (χ3n) is 5.73. The highest BCUT2D eigenvalue weighted by Gasteiger charge is 2.24. The number of anilines is 1. The molecule has 2 amide bonds. The minimum Gasteiger partial charge on any atom is -0.452 e. The van der Waals surface area contributed by atoms with Crippen molar-refractivity contribution in [3.05, 3.63) is 58.7 Å². The highest BCUT2D eigenvalue weighted by atomic mass is 32.2. The number of aryl methyl sites for hydroxylation is 2. The van der Waals surface area contributed by atoms with Crippen molar-refractivity contribution in [1.29, 1.82) is 0 Å². The molecule has 2 aromatic carbocycles. The van der Waals surface area contributed by atoms with E-state index in [1.165, 1.54) is 35.7 Å². The van der Waals surface area contributed by atoms with Gasteiger partial charge in [0.1, 0.15) is 0 Å². The van der Waals surface area contributed by atoms with Gasteiger partial charge in [0.25, 0.3) is 5.91 Å². The van der Waals surface area contributed by atoms with Gasteiger partial charge in [0, 0.05) is 4.90 Å². The van der Waals surface area contributed by atoms with Gasteiger partial charge in [-0.15, -0.1) is 11.8 Å². The topological polar surface area (TPSA) is 84.5 Å². The lowest BCUT2D eigenvalue weighted by Gasteiger charge is -2.21. The summed E-state index contributed by atoms with van der Waals surface area (Å²) in [6.07, 6.45) is 4.65. The van der Waals surface area contributed by atoms with Crippen LogP contribution in [0.3, 0.4) is 0 Å². The Morgan fingerprint density at radius 3 is 2.74 bits per heavy atom. The maximum Gasteiger partial charge on any atom is 0.338 e. The van der Waals surface area contributed by atoms with Gasteiger partial charge < -0.3 is 15.4 Å². The number of hydrogen-bond acceptors (Lipinski definition) is 5. The fraction of sp³-hybridized carbons (Fsp3) is 0.375. The van der Waals surface area contributed by atoms with Crippen LogP contribution in [0.1, 0.15) is 59.8 Å². The van der Waals surface area contributed by atoms with E-state index in [0.717, 1.165) is 23.3 Å². The van der Waals surface area contributed by atoms with Gasteiger partial charge in [-0.1, -0.05) is 18.2 Å². The number of nitrogens with one attached hydrogen (secondary N) is 2. The number of esters is 1. The smallest absolute Gasteiger partial charge is 0.338 e. The molecule has 0 saturated heterocycles. The molecule has 31 heavy (non-hydrogen) atoms. The summed E-state index contributed by atoms with van der Waals surface area (Å²) < 4.78 is 5.19. The summed E-state index contributed by atoms with van der Waals surface area (Å²) in [6.45, 7) is 3.40. The Bertz CT molecular complexity index is 1040. The third-order valence-corrected chi connectivity index (χ3v) is 6.91. The van der Waals surface area contributed by atoms with E-state index in [0.29, 0.717) is 11.3 Å². The monoisotopic (exact) mass is 438 g/mol. The lowest BCUT2D eigenvalue weighted by Crippen LogP contribution is -2.31. The number of amides is 2. The average molecular weight is 439 g/mol. The van der Waals surface area contributed by atoms with E-state index in [1.54, 1.807) is 18.2 Å². The number of benzene rings is 2. The van der Waals surface area contributed by atoms with E-state index in [4.69, 9.17) is 4.74 Å². The van der Waals surface area contributed by atoms with Crippen LogP contribution in [0.5, 0.6) is 0 Å². The highest BCUT2D eigenvalue weighted by Crippen LogP contribution is 2.36. The second-order valence-electron chi connectivity index (χ2n) is 8.06. The molecule has 162 valence electrons. The molecular formula is C24H26N2O4S. The molecule has 2 unspecified atom stereocenters. The summed E-state index contributed by atoms with van der Waals surface area (Å²) in [5.74, 6) is -1.05. The van der Waals surface area contributed by atoms with E-state index >= 15 is 0 Å². The number of hydrogen-bond donors (Lipinski definition) is 2. The van der Waals surface area contributed by atoms with Crippen molar-refractivity contribution in [2.45, 2.75) is 55.7 Å². The van der Waals surface area contributed by atoms with Gasteiger partial charge in [0.15, 0.2) is 6.61 Å². The molecule has 2 aliphatic rings. The van der Waals surface area contributed by atoms with Crippen LogP contribution in [0.4, 0.5) is 5.69 Å². The molecule has 0 saturated carbocycles. The number of thioether (sulfide) groups is 1. The zero-order chi connectivity index (χ0) is 22.0. The quantitative estimate of drug-likeness (QED) is 0.689. The molecule has 0 radical (unpaired) electrons. The van der Waals surface area contributed by atoms with Gasteiger partial charge >= 0.3 is 5.97 Å². The van der Waals surface area contributed by atoms with Crippen molar-refractivity contribution in [2.75, 3.05) is 11.9 Å². The summed E-state index contributed by atoms with van der Waals surface area (Å²) in [6, 6.07) is 11.2. The van der Waals surface area contributed by atoms with Gasteiger partial charge in [-0.2, -0.15) is 0 Å². The van der Waals surface area contributed by atoms with Gasteiger partial charge in [0.2, 0.25) is 5.91 Å². The minimum atomic E-state index is -0.600. The van der Waals surface area contributed by atoms with Crippen molar-refractivity contribution in [2.24, 2.45) is 0 Å². The molecule has 2 aromatic rings. The molecule has 1 heterocycles. The van der Waals surface area contributed by atoms with Crippen LogP contribution in [-0.4, -0.2) is 29.6 Å². The molecule has 2 N–H and O–H groups in total. The minimum absolute atomic E-state index is 0.0986. The van der Waals surface area contributed by atoms with Gasteiger partial charge in [0.05, 0.1) is 22.5 Å². The Balaban J connectivity index is 1.32. The first-order chi connectivity index (χ1) is 14.9. The van der Waals surface area contributed by atoms with Crippen molar-refractivity contribution < 1.29 is 19.1 Å². The number of carbonyl (C=O) groups is 3. The summed E-state index contributed by atoms with van der Waals surface area (Å²) in [4.78, 5) is 37.4. The van der Waals surface area contributed by atoms with Crippen molar-refractivity contribution >= 4 is 35.2 Å². The molecule has 2 atom stereocenters. The first-order valence-electron chi connectivity index (χ1n) is 10.6. The van der Waals surface area contributed by atoms with Crippen LogP contribution in [-0.2, 0) is 27.2 Å². The highest BCUT2D eigenvalue weighted by molar-refractivity contribution is 8.00. The normalized spacial score (nSPS) is 18.3. The summed E-state index contributed by atoms with van der Waals surface area (Å²) >= 11 is 1.44. The zero-order valence-electron chi connectivity index (χ0n) is 17.7. The maximum atomic E-state index is 12.4. The zero-order valence-corrected chi connectivity index (χ0v) is 18.5. The lowest BCUT2D eigenvalue weighted by atomic mass is 9.89. The first kappa shape index (κ1) is 21.4. The Kier molecular flexibility index (Phi) is 6.32. The number of fused-ring (bicyclic) bond motifs is 2. The lowest BCUT2D eigenvalue weighted by molar-refractivity contribution is -0.124. The third kappa shape index (κ3) is 4.93. The van der Waals surface area contributed by atoms with Gasteiger partial charge in [-0.05, 0) is 74.4 Å². The standard InChI is InChI=1S/C24H26N2O4S/c1-14(17-8-7-16-5-3-4-6-18(16)11-17)25-22(27)13-30-24(29)19-9-10-21-20(12-19)26-23(28)15(2)31-21/h7-12,14-15H,3-6,13H2,1-2H3,(H,25,27)(H,26,28). The molecule has 0 spiro atoms. The molecule has 0 aromatic heterocycles. The van der Waals surface area contributed by atoms with Crippen LogP contribution in [0, 0.1) is 0 Å². The van der Waals surface area contributed by atoms with Crippen molar-refractivity contribution in [1.82, 2.24) is 5.32 Å². The van der Waals surface area contributed by atoms with E-state index in [-0.39, 0.29) is 29.7 Å². The second-order valence-corrected chi connectivity index (χ2v) is 9.44. The maximum absolute atomic E-state index is 12.4. The summed E-state index contributed by atoms with van der Waals surface area (Å²) in [5.41, 5.74) is 4.70. The fourth-order valence-electron chi connectivity index (χ4n) is 3.94. The van der Waals surface area contributed by atoms with Crippen molar-refractivity contribution in [3.8, 4) is 0 Å². The fourth-order valence-corrected chi connectivity index (χ4v) is 4.87. The number of rotatable bonds is 5. The predicted molar refractivity (Wildman–Crippen MR) is 120 cm³/mol. The molecule has 1 aliphatic carbocycles. The van der Waals surface area contributed by atoms with E-state index in [2.05, 4.69) is 28.8 Å². The first-order valence-corrected chi connectivity index (χ1v) is 11.5. The number of ether oxygens (including phenoxy) is 1. The summed E-state index contributed by atoms with van der Waals surface area (Å²) in [7, 11) is 0. The van der Waals surface area contributed by atoms with Crippen LogP contribution in [0.2, 0.25) is 0 Å². The van der Waals surface area contributed by atoms with E-state index < -0.39 is 5.97 Å². The molecular weight excluding hydrogens is 412 g/mol. The molecule has 0 bridgehead atoms. The predicted octanol–water partition coefficient (Wildman–Crippen LogP) is 4.03. The largest absolute Gasteiger partial charge is 0.452 e. The van der Waals surface area contributed by atoms with Crippen molar-refractivity contribution in [3.63, 3.8) is 0 Å². The number of carbonyl (C=O) groups excluding carboxylic acids is 3. The van der Waals surface area contributed by atoms with E-state index in [1.807, 2.05) is 13.8 Å². The average Bonchev–Trinajstić information content (AvgIpc) is 2.77. The Morgan fingerprint density at radius 2 is 1.94 bits per heavy atom. The molecule has 0 fully saturated rings. The second kappa shape index (κ2) is 9.14. The van der Waals surface area contributed by atoms with Crippen LogP contribution in [0.15, 0.2) is 41.3 Å². The van der Waals surface area contributed by atoms with Gasteiger partial charge in [-0.3, -0.25) is 9.59 Å². The molecule has 7 heteroatoms. The Labute approximate surface area is 186 Å². The van der Waals surface area contributed by atoms with Crippen LogP contribution < -0.4 is 10.6 Å². The van der Waals surface area contributed by atoms with Crippen LogP contribution >= 0.6 is 11.8 Å². The molecule has 6 nitrogen and oxygen atoms in total. The molecule has 4 rings (SSSR count). The Hall–Kier alpha value is -2.80. The van der Waals surface area contributed by atoms with Gasteiger partial charge in [-0.25, -0.2) is 4.79 Å². The van der Waals surface area contributed by atoms with Crippen LogP contribution in [0.25, 0.3) is 0 Å². The molecule has 1 aliphatic heterocycles.